The highest BCUT2D eigenvalue weighted by Crippen LogP contribution is 1.92. The van der Waals surface area contributed by atoms with E-state index >= 15 is 0 Å². The smallest absolute Gasteiger partial charge is 0.411 e. The summed E-state index contributed by atoms with van der Waals surface area (Å²) in [6, 6.07) is 0. The minimum absolute atomic E-state index is 0.141. The number of rotatable bonds is 4. The summed E-state index contributed by atoms with van der Waals surface area (Å²) < 4.78 is 5.11. The molecule has 0 saturated heterocycles. The zero-order chi connectivity index (χ0) is 11.1. The molecule has 0 fully saturated rings. The van der Waals surface area contributed by atoms with Gasteiger partial charge in [-0.1, -0.05) is 0 Å². The van der Waals surface area contributed by atoms with E-state index in [1.807, 2.05) is 5.32 Å². The monoisotopic (exact) mass is 220 g/mol. The topological polar surface area (TPSA) is 99.1 Å². The summed E-state index contributed by atoms with van der Waals surface area (Å²) >= 11 is 0. The van der Waals surface area contributed by atoms with Gasteiger partial charge in [-0.25, -0.2) is 9.59 Å². The van der Waals surface area contributed by atoms with Crippen LogP contribution in [0.15, 0.2) is 11.9 Å². The van der Waals surface area contributed by atoms with Crippen molar-refractivity contribution in [3.63, 3.8) is 0 Å². The number of hydroxylamine groups is 1. The zero-order valence-corrected chi connectivity index (χ0v) is 9.85. The number of carbonyl (C=O) groups is 2. The number of carbonyl (C=O) groups excluding carboxylic acids is 1. The van der Waals surface area contributed by atoms with E-state index in [2.05, 4.69) is 4.74 Å². The van der Waals surface area contributed by atoms with Gasteiger partial charge in [0.05, 0.1) is 6.61 Å². The molecule has 0 bridgehead atoms. The number of hydrogen-bond acceptors (Lipinski definition) is 5. The van der Waals surface area contributed by atoms with Crippen LogP contribution in [0.2, 0.25) is 0 Å². The summed E-state index contributed by atoms with van der Waals surface area (Å²) in [4.78, 5) is 21.3. The highest BCUT2D eigenvalue weighted by Gasteiger charge is 2.12. The first-order valence-electron chi connectivity index (χ1n) is 3.78. The predicted molar refractivity (Wildman–Crippen MR) is 49.4 cm³/mol. The lowest BCUT2D eigenvalue weighted by Crippen LogP contribution is -2.29. The fraction of sp³-hybridized carbons (Fsp3) is 0.333. The largest absolute Gasteiger partial charge is 0.477 e. The number of amides is 1. The molecular formula is C6H12N2O5Si. The minimum atomic E-state index is -1.35. The summed E-state index contributed by atoms with van der Waals surface area (Å²) in [7, 11) is 0.223. The zero-order valence-electron chi connectivity index (χ0n) is 7.85. The lowest BCUT2D eigenvalue weighted by atomic mass is 10.5. The molecule has 0 aromatic carbocycles. The molecule has 0 aliphatic carbocycles. The van der Waals surface area contributed by atoms with Crippen LogP contribution in [-0.2, 0) is 9.53 Å². The summed E-state index contributed by atoms with van der Waals surface area (Å²) in [6.07, 6.45) is 0.0236. The van der Waals surface area contributed by atoms with Crippen LogP contribution in [0, 0.1) is 0 Å². The van der Waals surface area contributed by atoms with Crippen LogP contribution in [0.4, 0.5) is 4.79 Å². The molecule has 7 nitrogen and oxygen atoms in total. The molecule has 0 heterocycles. The molecule has 0 unspecified atom stereocenters. The minimum Gasteiger partial charge on any atom is -0.477 e. The van der Waals surface area contributed by atoms with Crippen molar-refractivity contribution in [1.29, 1.82) is 0 Å². The van der Waals surface area contributed by atoms with Gasteiger partial charge in [-0.3, -0.25) is 10.5 Å². The fourth-order valence-corrected chi connectivity index (χ4v) is 0.863. The van der Waals surface area contributed by atoms with E-state index < -0.39 is 17.8 Å². The van der Waals surface area contributed by atoms with Gasteiger partial charge in [0.1, 0.15) is 16.1 Å². The van der Waals surface area contributed by atoms with Crippen molar-refractivity contribution in [3.05, 3.63) is 11.9 Å². The number of hydrogen-bond donors (Lipinski definition) is 3. The Morgan fingerprint density at radius 1 is 1.64 bits per heavy atom. The van der Waals surface area contributed by atoms with Crippen LogP contribution in [0.3, 0.4) is 0 Å². The normalized spacial score (nSPS) is 10.9. The molecule has 0 atom stereocenters. The predicted octanol–water partition coefficient (Wildman–Crippen LogP) is -1.37. The van der Waals surface area contributed by atoms with E-state index in [4.69, 9.17) is 10.3 Å². The molecule has 0 rings (SSSR count). The third kappa shape index (κ3) is 5.16. The number of nitrogens with one attached hydrogen (secondary N) is 1. The molecule has 0 aliphatic heterocycles. The van der Waals surface area contributed by atoms with Gasteiger partial charge in [0.25, 0.3) is 0 Å². The molecule has 0 saturated carbocycles. The first-order valence-corrected chi connectivity index (χ1v) is 4.67. The second kappa shape index (κ2) is 5.99. The summed E-state index contributed by atoms with van der Waals surface area (Å²) in [5.41, 5.74) is -0.444. The van der Waals surface area contributed by atoms with Crippen LogP contribution in [0.5, 0.6) is 0 Å². The van der Waals surface area contributed by atoms with Crippen LogP contribution >= 0.6 is 0 Å². The fourth-order valence-electron chi connectivity index (χ4n) is 0.605. The molecule has 0 spiro atoms. The number of alkyl carbamates (subject to hydrolysis) is 1. The Morgan fingerprint density at radius 2 is 2.21 bits per heavy atom. The van der Waals surface area contributed by atoms with E-state index in [0.717, 1.165) is 6.20 Å². The van der Waals surface area contributed by atoms with Gasteiger partial charge >= 0.3 is 12.1 Å². The summed E-state index contributed by atoms with van der Waals surface area (Å²) in [6.45, 7) is 1.73. The Hall–Kier alpha value is -1.54. The number of aliphatic carboxylic acids is 1. The Morgan fingerprint density at radius 3 is 2.57 bits per heavy atom. The lowest BCUT2D eigenvalue weighted by molar-refractivity contribution is -0.133. The van der Waals surface area contributed by atoms with Crippen LogP contribution in [0.25, 0.3) is 0 Å². The average molecular weight is 220 g/mol. The quantitative estimate of drug-likeness (QED) is 0.307. The third-order valence-corrected chi connectivity index (χ3v) is 1.32. The van der Waals surface area contributed by atoms with Crippen molar-refractivity contribution >= 4 is 22.5 Å². The lowest BCUT2D eigenvalue weighted by Gasteiger charge is -2.08. The number of carboxylic acid groups (broad SMARTS) is 1. The number of carboxylic acids is 1. The van der Waals surface area contributed by atoms with Crippen molar-refractivity contribution in [3.8, 4) is 0 Å². The molecule has 3 N–H and O–H groups in total. The molecular weight excluding hydrogens is 208 g/mol. The molecule has 0 aromatic heterocycles. The highest BCUT2D eigenvalue weighted by molar-refractivity contribution is 6.04. The van der Waals surface area contributed by atoms with Crippen molar-refractivity contribution in [2.24, 2.45) is 0 Å². The van der Waals surface area contributed by atoms with Gasteiger partial charge in [0.15, 0.2) is 0 Å². The second-order valence-corrected chi connectivity index (χ2v) is 3.18. The second-order valence-electron chi connectivity index (χ2n) is 2.27. The molecule has 0 aliphatic rings. The van der Waals surface area contributed by atoms with E-state index in [1.165, 1.54) is 0 Å². The molecule has 1 amide bonds. The van der Waals surface area contributed by atoms with Crippen molar-refractivity contribution in [2.75, 3.05) is 6.61 Å². The van der Waals surface area contributed by atoms with Gasteiger partial charge in [-0.15, -0.1) is 0 Å². The summed E-state index contributed by atoms with van der Waals surface area (Å²) in [5, 5.41) is 19.3. The molecule has 14 heavy (non-hydrogen) atoms. The Balaban J connectivity index is 4.39. The molecule has 8 heteroatoms. The Labute approximate surface area is 83.4 Å². The molecule has 0 radical (unpaired) electrons. The molecule has 80 valence electrons. The van der Waals surface area contributed by atoms with Crippen molar-refractivity contribution in [1.82, 2.24) is 10.0 Å². The molecule has 0 aromatic rings. The Bertz CT molecular complexity index is 253. The van der Waals surface area contributed by atoms with E-state index in [1.54, 1.807) is 6.92 Å². The van der Waals surface area contributed by atoms with E-state index in [-0.39, 0.29) is 17.0 Å². The SMILES string of the molecule is CCOC(=O)NC(=CN(O)[SiH3])C(=O)O. The van der Waals surface area contributed by atoms with Crippen LogP contribution in [-0.4, -0.2) is 44.1 Å². The maximum atomic E-state index is 10.8. The van der Waals surface area contributed by atoms with Gasteiger partial charge < -0.3 is 14.6 Å². The maximum absolute atomic E-state index is 10.8. The van der Waals surface area contributed by atoms with Gasteiger partial charge in [-0.05, 0) is 6.92 Å². The number of nitrogens with zero attached hydrogens (tertiary/aromatic N) is 1. The van der Waals surface area contributed by atoms with Gasteiger partial charge in [0.2, 0.25) is 0 Å². The maximum Gasteiger partial charge on any atom is 0.411 e. The first kappa shape index (κ1) is 12.5. The van der Waals surface area contributed by atoms with E-state index in [9.17, 15) is 9.59 Å². The first-order chi connectivity index (χ1) is 6.47. The third-order valence-electron chi connectivity index (χ3n) is 1.06. The highest BCUT2D eigenvalue weighted by atomic mass is 28.2. The van der Waals surface area contributed by atoms with Crippen molar-refractivity contribution in [2.45, 2.75) is 6.92 Å². The number of ether oxygens (including phenoxy) is 1. The van der Waals surface area contributed by atoms with Gasteiger partial charge in [0, 0.05) is 6.20 Å². The van der Waals surface area contributed by atoms with Crippen LogP contribution < -0.4 is 5.32 Å². The van der Waals surface area contributed by atoms with Gasteiger partial charge in [-0.2, -0.15) is 0 Å². The summed E-state index contributed by atoms with van der Waals surface area (Å²) in [5.74, 6) is -1.35. The van der Waals surface area contributed by atoms with Crippen molar-refractivity contribution < 1.29 is 24.6 Å². The van der Waals surface area contributed by atoms with Crippen LogP contribution in [0.1, 0.15) is 6.92 Å². The Kier molecular flexibility index (Phi) is 5.33. The standard InChI is InChI=1S/C6H12N2O5Si/c1-2-13-6(11)7-4(5(9)10)3-8(12)14/h3,12H,2H2,1,14H3,(H,7,11)(H,9,10). The average Bonchev–Trinajstić information content (AvgIpc) is 2.02. The van der Waals surface area contributed by atoms with E-state index in [0.29, 0.717) is 4.73 Å².